The van der Waals surface area contributed by atoms with Crippen LogP contribution in [0.3, 0.4) is 0 Å². The molecule has 0 saturated heterocycles. The monoisotopic (exact) mass is 324 g/mol. The number of hydrogen-bond acceptors (Lipinski definition) is 5. The van der Waals surface area contributed by atoms with E-state index in [1.54, 1.807) is 19.2 Å². The van der Waals surface area contributed by atoms with E-state index in [9.17, 15) is 9.59 Å². The molecular weight excluding hydrogens is 300 g/mol. The van der Waals surface area contributed by atoms with Gasteiger partial charge in [-0.3, -0.25) is 9.59 Å². The fraction of sp³-hybridized carbons (Fsp3) is 0.500. The Hall–Kier alpha value is -2.44. The summed E-state index contributed by atoms with van der Waals surface area (Å²) in [5.74, 6) is 0.531. The van der Waals surface area contributed by atoms with Crippen LogP contribution in [0.15, 0.2) is 12.1 Å². The highest BCUT2D eigenvalue weighted by molar-refractivity contribution is 5.99. The van der Waals surface area contributed by atoms with Crippen LogP contribution >= 0.6 is 0 Å². The van der Waals surface area contributed by atoms with Crippen LogP contribution in [-0.2, 0) is 4.79 Å². The van der Waals surface area contributed by atoms with Crippen molar-refractivity contribution >= 4 is 11.8 Å². The molecule has 0 unspecified atom stereocenters. The molecule has 0 heterocycles. The smallest absolute Gasteiger partial charge is 0.257 e. The average Bonchev–Trinajstić information content (AvgIpc) is 2.57. The molecule has 0 aliphatic carbocycles. The third-order valence-electron chi connectivity index (χ3n) is 3.23. The molecule has 23 heavy (non-hydrogen) atoms. The van der Waals surface area contributed by atoms with E-state index < -0.39 is 0 Å². The quantitative estimate of drug-likeness (QED) is 0.780. The van der Waals surface area contributed by atoms with Crippen molar-refractivity contribution in [3.8, 4) is 17.2 Å². The number of nitrogens with one attached hydrogen (secondary N) is 1. The molecule has 1 N–H and O–H groups in total. The van der Waals surface area contributed by atoms with Crippen molar-refractivity contribution < 1.29 is 23.8 Å². The van der Waals surface area contributed by atoms with Gasteiger partial charge in [-0.15, -0.1) is 0 Å². The van der Waals surface area contributed by atoms with Crippen LogP contribution in [-0.4, -0.2) is 58.2 Å². The van der Waals surface area contributed by atoms with Gasteiger partial charge in [-0.05, 0) is 18.6 Å². The van der Waals surface area contributed by atoms with Crippen LogP contribution in [0.4, 0.5) is 0 Å². The van der Waals surface area contributed by atoms with Crippen molar-refractivity contribution in [2.45, 2.75) is 13.3 Å². The van der Waals surface area contributed by atoms with Crippen LogP contribution in [0.1, 0.15) is 23.7 Å². The van der Waals surface area contributed by atoms with Gasteiger partial charge in [-0.2, -0.15) is 0 Å². The molecule has 0 aromatic heterocycles. The van der Waals surface area contributed by atoms with Crippen molar-refractivity contribution in [2.75, 3.05) is 41.5 Å². The molecule has 0 spiro atoms. The lowest BCUT2D eigenvalue weighted by Crippen LogP contribution is -2.38. The lowest BCUT2D eigenvalue weighted by molar-refractivity contribution is -0.121. The topological polar surface area (TPSA) is 77.1 Å². The number of rotatable bonds is 8. The van der Waals surface area contributed by atoms with Crippen molar-refractivity contribution in [1.29, 1.82) is 0 Å². The van der Waals surface area contributed by atoms with Crippen molar-refractivity contribution in [2.24, 2.45) is 0 Å². The number of nitrogens with zero attached hydrogens (tertiary/aromatic N) is 1. The number of hydrogen-bond donors (Lipinski definition) is 1. The minimum absolute atomic E-state index is 0.0314. The molecule has 7 nitrogen and oxygen atoms in total. The van der Waals surface area contributed by atoms with Gasteiger partial charge >= 0.3 is 0 Å². The summed E-state index contributed by atoms with van der Waals surface area (Å²) < 4.78 is 15.7. The van der Waals surface area contributed by atoms with Gasteiger partial charge in [0.25, 0.3) is 5.91 Å². The molecular formula is C16H24N2O5. The number of carbonyl (C=O) groups is 2. The predicted molar refractivity (Wildman–Crippen MR) is 86.4 cm³/mol. The van der Waals surface area contributed by atoms with E-state index in [1.807, 2.05) is 6.92 Å². The molecule has 1 aromatic carbocycles. The Morgan fingerprint density at radius 1 is 1.09 bits per heavy atom. The van der Waals surface area contributed by atoms with E-state index in [4.69, 9.17) is 14.2 Å². The first-order valence-electron chi connectivity index (χ1n) is 7.31. The number of benzene rings is 1. The summed E-state index contributed by atoms with van der Waals surface area (Å²) in [5.41, 5.74) is 0.302. The Morgan fingerprint density at radius 3 is 2.26 bits per heavy atom. The van der Waals surface area contributed by atoms with Crippen LogP contribution < -0.4 is 19.5 Å². The predicted octanol–water partition coefficient (Wildman–Crippen LogP) is 1.31. The highest BCUT2D eigenvalue weighted by atomic mass is 16.5. The normalized spacial score (nSPS) is 9.96. The fourth-order valence-corrected chi connectivity index (χ4v) is 2.08. The third kappa shape index (κ3) is 4.51. The summed E-state index contributed by atoms with van der Waals surface area (Å²) in [6.45, 7) is 2.51. The van der Waals surface area contributed by atoms with E-state index in [1.165, 1.54) is 26.2 Å². The second-order valence-electron chi connectivity index (χ2n) is 4.89. The molecule has 7 heteroatoms. The molecule has 0 atom stereocenters. The third-order valence-corrected chi connectivity index (χ3v) is 3.23. The van der Waals surface area contributed by atoms with E-state index in [0.717, 1.165) is 6.42 Å². The Labute approximate surface area is 136 Å². The minimum Gasteiger partial charge on any atom is -0.493 e. The SMILES string of the molecule is CCCNC(=O)CN(C)C(=O)c1ccc(OC)c(OC)c1OC. The van der Waals surface area contributed by atoms with E-state index in [0.29, 0.717) is 23.6 Å². The summed E-state index contributed by atoms with van der Waals surface area (Å²) >= 11 is 0. The first-order chi connectivity index (χ1) is 11.0. The van der Waals surface area contributed by atoms with Crippen LogP contribution in [0.25, 0.3) is 0 Å². The minimum atomic E-state index is -0.338. The van der Waals surface area contributed by atoms with E-state index in [-0.39, 0.29) is 24.1 Å². The Balaban J connectivity index is 3.01. The maximum absolute atomic E-state index is 12.6. The molecule has 128 valence electrons. The Kier molecular flexibility index (Phi) is 7.18. The molecule has 1 rings (SSSR count). The van der Waals surface area contributed by atoms with Gasteiger partial charge in [0, 0.05) is 13.6 Å². The number of amides is 2. The summed E-state index contributed by atoms with van der Waals surface area (Å²) in [6, 6.07) is 3.21. The summed E-state index contributed by atoms with van der Waals surface area (Å²) in [6.07, 6.45) is 0.840. The zero-order valence-electron chi connectivity index (χ0n) is 14.3. The molecule has 1 aromatic rings. The summed E-state index contributed by atoms with van der Waals surface area (Å²) in [7, 11) is 5.98. The van der Waals surface area contributed by atoms with Crippen LogP contribution in [0.5, 0.6) is 17.2 Å². The summed E-state index contributed by atoms with van der Waals surface area (Å²) in [4.78, 5) is 25.6. The maximum Gasteiger partial charge on any atom is 0.257 e. The molecule has 0 fully saturated rings. The molecule has 0 radical (unpaired) electrons. The van der Waals surface area contributed by atoms with Gasteiger partial charge in [0.2, 0.25) is 11.7 Å². The highest BCUT2D eigenvalue weighted by Gasteiger charge is 2.23. The first kappa shape index (κ1) is 18.6. The standard InChI is InChI=1S/C16H24N2O5/c1-6-9-17-13(19)10-18(2)16(20)11-7-8-12(21-3)15(23-5)14(11)22-4/h7-8H,6,9-10H2,1-5H3,(H,17,19). The number of carbonyl (C=O) groups excluding carboxylic acids is 2. The number of ether oxygens (including phenoxy) is 3. The molecule has 2 amide bonds. The van der Waals surface area contributed by atoms with Crippen molar-refractivity contribution in [3.05, 3.63) is 17.7 Å². The number of methoxy groups -OCH3 is 3. The second kappa shape index (κ2) is 8.87. The van der Waals surface area contributed by atoms with Gasteiger partial charge < -0.3 is 24.4 Å². The molecule has 0 saturated carbocycles. The van der Waals surface area contributed by atoms with Crippen molar-refractivity contribution in [3.63, 3.8) is 0 Å². The highest BCUT2D eigenvalue weighted by Crippen LogP contribution is 2.40. The Morgan fingerprint density at radius 2 is 1.74 bits per heavy atom. The molecule has 0 bridgehead atoms. The average molecular weight is 324 g/mol. The van der Waals surface area contributed by atoms with Crippen molar-refractivity contribution in [1.82, 2.24) is 10.2 Å². The molecule has 0 aliphatic heterocycles. The lowest BCUT2D eigenvalue weighted by atomic mass is 10.1. The van der Waals surface area contributed by atoms with Gasteiger partial charge in [0.15, 0.2) is 11.5 Å². The van der Waals surface area contributed by atoms with Gasteiger partial charge in [0.1, 0.15) is 0 Å². The zero-order valence-corrected chi connectivity index (χ0v) is 14.3. The van der Waals surface area contributed by atoms with Crippen LogP contribution in [0, 0.1) is 0 Å². The summed E-state index contributed by atoms with van der Waals surface area (Å²) in [5, 5.41) is 2.73. The lowest BCUT2D eigenvalue weighted by Gasteiger charge is -2.20. The van der Waals surface area contributed by atoms with Gasteiger partial charge in [0.05, 0.1) is 33.4 Å². The van der Waals surface area contributed by atoms with Crippen LogP contribution in [0.2, 0.25) is 0 Å². The van der Waals surface area contributed by atoms with E-state index >= 15 is 0 Å². The Bertz CT molecular complexity index is 560. The van der Waals surface area contributed by atoms with E-state index in [2.05, 4.69) is 5.32 Å². The van der Waals surface area contributed by atoms with Gasteiger partial charge in [-0.1, -0.05) is 6.92 Å². The second-order valence-corrected chi connectivity index (χ2v) is 4.89. The first-order valence-corrected chi connectivity index (χ1v) is 7.31. The number of likely N-dealkylation sites (N-methyl/N-ethyl adjacent to an activating group) is 1. The zero-order chi connectivity index (χ0) is 17.4. The molecule has 0 aliphatic rings. The van der Waals surface area contributed by atoms with Gasteiger partial charge in [-0.25, -0.2) is 0 Å². The fourth-order valence-electron chi connectivity index (χ4n) is 2.08. The largest absolute Gasteiger partial charge is 0.493 e. The maximum atomic E-state index is 12.6.